The summed E-state index contributed by atoms with van der Waals surface area (Å²) in [7, 11) is 0. The highest BCUT2D eigenvalue weighted by molar-refractivity contribution is 5.85. The molecule has 0 spiro atoms. The average molecular weight is 326 g/mol. The Bertz CT molecular complexity index is 487. The Morgan fingerprint density at radius 2 is 1.86 bits per heavy atom. The fourth-order valence-corrected chi connectivity index (χ4v) is 2.66. The average Bonchev–Trinajstić information content (AvgIpc) is 3.00. The van der Waals surface area contributed by atoms with Crippen molar-refractivity contribution in [3.63, 3.8) is 0 Å². The molecule has 1 amide bonds. The molecule has 124 valence electrons. The molecule has 1 aromatic rings. The van der Waals surface area contributed by atoms with Gasteiger partial charge in [0.25, 0.3) is 0 Å². The summed E-state index contributed by atoms with van der Waals surface area (Å²) in [5, 5.41) is 3.01. The minimum atomic E-state index is -0.450. The molecule has 1 aliphatic rings. The van der Waals surface area contributed by atoms with Gasteiger partial charge in [0.15, 0.2) is 0 Å². The van der Waals surface area contributed by atoms with E-state index in [4.69, 9.17) is 5.73 Å². The van der Waals surface area contributed by atoms with Crippen molar-refractivity contribution in [1.82, 2.24) is 5.32 Å². The van der Waals surface area contributed by atoms with Crippen molar-refractivity contribution >= 4 is 24.0 Å². The Kier molecular flexibility index (Phi) is 7.17. The molecule has 3 N–H and O–H groups in total. The van der Waals surface area contributed by atoms with Gasteiger partial charge in [0.1, 0.15) is 0 Å². The third-order valence-corrected chi connectivity index (χ3v) is 4.22. The maximum absolute atomic E-state index is 12.1. The van der Waals surface area contributed by atoms with Gasteiger partial charge < -0.3 is 16.0 Å². The van der Waals surface area contributed by atoms with Crippen molar-refractivity contribution in [3.8, 4) is 0 Å². The molecular formula is C17H28ClN3O. The van der Waals surface area contributed by atoms with Crippen LogP contribution in [-0.4, -0.2) is 25.0 Å². The van der Waals surface area contributed by atoms with Crippen LogP contribution < -0.4 is 16.0 Å². The van der Waals surface area contributed by atoms with Crippen LogP contribution in [0.1, 0.15) is 45.2 Å². The summed E-state index contributed by atoms with van der Waals surface area (Å²) < 4.78 is 0. The van der Waals surface area contributed by atoms with Crippen LogP contribution in [0.15, 0.2) is 24.3 Å². The molecule has 1 unspecified atom stereocenters. The van der Waals surface area contributed by atoms with Gasteiger partial charge in [0, 0.05) is 18.8 Å². The summed E-state index contributed by atoms with van der Waals surface area (Å²) in [5.41, 5.74) is 8.27. The van der Waals surface area contributed by atoms with Crippen LogP contribution in [0.2, 0.25) is 0 Å². The Labute approximate surface area is 139 Å². The second-order valence-corrected chi connectivity index (χ2v) is 6.29. The van der Waals surface area contributed by atoms with Crippen LogP contribution in [0.5, 0.6) is 0 Å². The first-order valence-electron chi connectivity index (χ1n) is 7.90. The molecule has 0 radical (unpaired) electrons. The second kappa shape index (κ2) is 8.39. The number of hydrogen-bond donors (Lipinski definition) is 2. The predicted octanol–water partition coefficient (Wildman–Crippen LogP) is 2.87. The second-order valence-electron chi connectivity index (χ2n) is 6.29. The van der Waals surface area contributed by atoms with Crippen molar-refractivity contribution in [2.75, 3.05) is 18.0 Å². The van der Waals surface area contributed by atoms with E-state index in [0.29, 0.717) is 0 Å². The van der Waals surface area contributed by atoms with E-state index < -0.39 is 6.04 Å². The van der Waals surface area contributed by atoms with Gasteiger partial charge in [-0.3, -0.25) is 4.79 Å². The zero-order chi connectivity index (χ0) is 15.4. The van der Waals surface area contributed by atoms with Crippen molar-refractivity contribution in [1.29, 1.82) is 0 Å². The molecule has 2 rings (SSSR count). The maximum Gasteiger partial charge on any atom is 0.237 e. The van der Waals surface area contributed by atoms with E-state index in [2.05, 4.69) is 34.5 Å². The van der Waals surface area contributed by atoms with E-state index in [1.54, 1.807) is 0 Å². The van der Waals surface area contributed by atoms with Crippen LogP contribution in [0.3, 0.4) is 0 Å². The van der Waals surface area contributed by atoms with Gasteiger partial charge in [0.05, 0.1) is 12.1 Å². The molecule has 1 heterocycles. The van der Waals surface area contributed by atoms with E-state index in [1.165, 1.54) is 18.5 Å². The molecule has 2 atom stereocenters. The summed E-state index contributed by atoms with van der Waals surface area (Å²) in [5.74, 6) is 0.0669. The fraction of sp³-hybridized carbons (Fsp3) is 0.588. The van der Waals surface area contributed by atoms with Gasteiger partial charge in [0.2, 0.25) is 5.91 Å². The van der Waals surface area contributed by atoms with Crippen LogP contribution >= 0.6 is 12.4 Å². The number of rotatable bonds is 5. The van der Waals surface area contributed by atoms with E-state index in [9.17, 15) is 4.79 Å². The van der Waals surface area contributed by atoms with Gasteiger partial charge in [-0.1, -0.05) is 26.0 Å². The SMILES string of the molecule is CC(NC(=O)[C@@H](N)C(C)C)c1cccc(N2CCCC2)c1.Cl. The zero-order valence-corrected chi connectivity index (χ0v) is 14.5. The summed E-state index contributed by atoms with van der Waals surface area (Å²) >= 11 is 0. The molecular weight excluding hydrogens is 298 g/mol. The van der Waals surface area contributed by atoms with E-state index in [0.717, 1.165) is 18.7 Å². The van der Waals surface area contributed by atoms with Crippen molar-refractivity contribution in [3.05, 3.63) is 29.8 Å². The number of benzene rings is 1. The molecule has 4 nitrogen and oxygen atoms in total. The highest BCUT2D eigenvalue weighted by Gasteiger charge is 2.20. The topological polar surface area (TPSA) is 58.4 Å². The van der Waals surface area contributed by atoms with Crippen molar-refractivity contribution in [2.24, 2.45) is 11.7 Å². The first-order chi connectivity index (χ1) is 9.99. The first kappa shape index (κ1) is 18.8. The molecule has 0 bridgehead atoms. The number of carbonyl (C=O) groups excluding carboxylic acids is 1. The summed E-state index contributed by atoms with van der Waals surface area (Å²) in [6.45, 7) is 8.19. The van der Waals surface area contributed by atoms with E-state index in [-0.39, 0.29) is 30.3 Å². The van der Waals surface area contributed by atoms with Crippen molar-refractivity contribution < 1.29 is 4.79 Å². The third-order valence-electron chi connectivity index (χ3n) is 4.22. The van der Waals surface area contributed by atoms with Gasteiger partial charge in [-0.15, -0.1) is 12.4 Å². The lowest BCUT2D eigenvalue weighted by molar-refractivity contribution is -0.123. The summed E-state index contributed by atoms with van der Waals surface area (Å²) in [6, 6.07) is 7.97. The van der Waals surface area contributed by atoms with Crippen LogP contribution in [-0.2, 0) is 4.79 Å². The monoisotopic (exact) mass is 325 g/mol. The molecule has 0 saturated carbocycles. The lowest BCUT2D eigenvalue weighted by atomic mass is 10.0. The maximum atomic E-state index is 12.1. The number of halogens is 1. The Morgan fingerprint density at radius 1 is 1.23 bits per heavy atom. The summed E-state index contributed by atoms with van der Waals surface area (Å²) in [6.07, 6.45) is 2.53. The number of nitrogens with zero attached hydrogens (tertiary/aromatic N) is 1. The number of carbonyl (C=O) groups is 1. The Morgan fingerprint density at radius 3 is 2.45 bits per heavy atom. The minimum Gasteiger partial charge on any atom is -0.372 e. The standard InChI is InChI=1S/C17H27N3O.ClH/c1-12(2)16(18)17(21)19-13(3)14-7-6-8-15(11-14)20-9-4-5-10-20;/h6-8,11-13,16H,4-5,9-10,18H2,1-3H3,(H,19,21);1H/t13?,16-;/m0./s1. The van der Waals surface area contributed by atoms with Crippen LogP contribution in [0, 0.1) is 5.92 Å². The number of hydrogen-bond acceptors (Lipinski definition) is 3. The molecule has 22 heavy (non-hydrogen) atoms. The molecule has 1 saturated heterocycles. The first-order valence-corrected chi connectivity index (χ1v) is 7.90. The highest BCUT2D eigenvalue weighted by atomic mass is 35.5. The summed E-state index contributed by atoms with van der Waals surface area (Å²) in [4.78, 5) is 14.5. The molecule has 1 aromatic carbocycles. The van der Waals surface area contributed by atoms with E-state index in [1.807, 2.05) is 20.8 Å². The largest absolute Gasteiger partial charge is 0.372 e. The van der Waals surface area contributed by atoms with Gasteiger partial charge in [-0.05, 0) is 43.4 Å². The smallest absolute Gasteiger partial charge is 0.237 e. The molecule has 1 aliphatic heterocycles. The Hall–Kier alpha value is -1.26. The lowest BCUT2D eigenvalue weighted by Gasteiger charge is -2.22. The quantitative estimate of drug-likeness (QED) is 0.875. The molecule has 0 aromatic heterocycles. The number of nitrogens with two attached hydrogens (primary N) is 1. The predicted molar refractivity (Wildman–Crippen MR) is 94.5 cm³/mol. The number of amides is 1. The normalized spacial score (nSPS) is 17.0. The fourth-order valence-electron chi connectivity index (χ4n) is 2.66. The molecule has 5 heteroatoms. The van der Waals surface area contributed by atoms with Gasteiger partial charge in [-0.2, -0.15) is 0 Å². The van der Waals surface area contributed by atoms with Crippen molar-refractivity contribution in [2.45, 2.75) is 45.7 Å². The minimum absolute atomic E-state index is 0. The van der Waals surface area contributed by atoms with Crippen LogP contribution in [0.25, 0.3) is 0 Å². The lowest BCUT2D eigenvalue weighted by Crippen LogP contribution is -2.44. The molecule has 0 aliphatic carbocycles. The van der Waals surface area contributed by atoms with Gasteiger partial charge >= 0.3 is 0 Å². The van der Waals surface area contributed by atoms with Gasteiger partial charge in [-0.25, -0.2) is 0 Å². The van der Waals surface area contributed by atoms with E-state index >= 15 is 0 Å². The highest BCUT2D eigenvalue weighted by Crippen LogP contribution is 2.24. The number of nitrogens with one attached hydrogen (secondary N) is 1. The van der Waals surface area contributed by atoms with Crippen LogP contribution in [0.4, 0.5) is 5.69 Å². The third kappa shape index (κ3) is 4.62. The Balaban J connectivity index is 0.00000242. The molecule has 1 fully saturated rings. The zero-order valence-electron chi connectivity index (χ0n) is 13.7. The number of anilines is 1.